The molecule has 10 heteroatoms. The van der Waals surface area contributed by atoms with Crippen LogP contribution in [0.25, 0.3) is 0 Å². The number of ether oxygens (including phenoxy) is 2. The number of hydrogen-bond donors (Lipinski definition) is 2. The fourth-order valence-electron chi connectivity index (χ4n) is 3.04. The van der Waals surface area contributed by atoms with E-state index in [0.29, 0.717) is 19.7 Å². The van der Waals surface area contributed by atoms with E-state index in [1.807, 2.05) is 42.8 Å². The van der Waals surface area contributed by atoms with Crippen LogP contribution in [0, 0.1) is 13.8 Å². The second-order valence-electron chi connectivity index (χ2n) is 7.36. The lowest BCUT2D eigenvalue weighted by molar-refractivity contribution is 0.0389. The third-order valence-electron chi connectivity index (χ3n) is 5.07. The highest BCUT2D eigenvalue weighted by molar-refractivity contribution is 14.0. The number of hydrogen-bond acceptors (Lipinski definition) is 6. The average Bonchev–Trinajstić information content (AvgIpc) is 3.08. The van der Waals surface area contributed by atoms with E-state index in [1.165, 1.54) is 5.56 Å². The van der Waals surface area contributed by atoms with E-state index in [4.69, 9.17) is 9.47 Å². The van der Waals surface area contributed by atoms with E-state index in [1.54, 1.807) is 0 Å². The molecule has 1 aliphatic heterocycles. The largest absolute Gasteiger partial charge is 0.492 e. The van der Waals surface area contributed by atoms with Gasteiger partial charge in [0.2, 0.25) is 0 Å². The zero-order chi connectivity index (χ0) is 21.2. The number of nitrogens with zero attached hydrogens (tertiary/aromatic N) is 5. The first-order valence-electron chi connectivity index (χ1n) is 10.5. The summed E-state index contributed by atoms with van der Waals surface area (Å²) in [6.45, 7) is 11.0. The standard InChI is InChI=1S/C21H33N7O2.HI/c1-17-4-6-19(7-5-17)30-13-9-23-21(22-8-10-28-11-14-29-15-12-28)24-16-20-26-25-18(2)27(20)3;/h4-7H,8-16H2,1-3H3,(H2,22,23,24);1H. The molecule has 0 spiro atoms. The van der Waals surface area contributed by atoms with Crippen LogP contribution in [0.1, 0.15) is 17.2 Å². The summed E-state index contributed by atoms with van der Waals surface area (Å²) in [4.78, 5) is 7.07. The molecule has 0 saturated carbocycles. The number of aromatic nitrogens is 3. The number of rotatable bonds is 9. The zero-order valence-corrected chi connectivity index (χ0v) is 21.0. The molecule has 31 heavy (non-hydrogen) atoms. The van der Waals surface area contributed by atoms with Gasteiger partial charge in [0, 0.05) is 33.2 Å². The van der Waals surface area contributed by atoms with Gasteiger partial charge in [-0.1, -0.05) is 17.7 Å². The van der Waals surface area contributed by atoms with Crippen LogP contribution < -0.4 is 15.4 Å². The Hall–Kier alpha value is -1.92. The van der Waals surface area contributed by atoms with Gasteiger partial charge < -0.3 is 24.7 Å². The molecule has 0 unspecified atom stereocenters. The van der Waals surface area contributed by atoms with Gasteiger partial charge in [-0.25, -0.2) is 4.99 Å². The highest BCUT2D eigenvalue weighted by atomic mass is 127. The van der Waals surface area contributed by atoms with E-state index in [0.717, 1.165) is 62.8 Å². The van der Waals surface area contributed by atoms with Gasteiger partial charge in [0.15, 0.2) is 11.8 Å². The van der Waals surface area contributed by atoms with Crippen LogP contribution in [0.3, 0.4) is 0 Å². The van der Waals surface area contributed by atoms with Crippen molar-refractivity contribution < 1.29 is 9.47 Å². The quantitative estimate of drug-likeness (QED) is 0.215. The molecule has 0 aliphatic carbocycles. The predicted octanol–water partition coefficient (Wildman–Crippen LogP) is 1.50. The zero-order valence-electron chi connectivity index (χ0n) is 18.6. The SMILES string of the molecule is Cc1ccc(OCCNC(=NCc2nnc(C)n2C)NCCN2CCOCC2)cc1.I. The van der Waals surface area contributed by atoms with Crippen LogP contribution in [0.5, 0.6) is 5.75 Å². The molecule has 0 amide bonds. The van der Waals surface area contributed by atoms with E-state index in [9.17, 15) is 0 Å². The van der Waals surface area contributed by atoms with Crippen LogP contribution in [-0.2, 0) is 18.3 Å². The minimum absolute atomic E-state index is 0. The van der Waals surface area contributed by atoms with Gasteiger partial charge in [-0.05, 0) is 26.0 Å². The molecule has 1 aliphatic rings. The molecular weight excluding hydrogens is 509 g/mol. The first-order valence-corrected chi connectivity index (χ1v) is 10.5. The number of halogens is 1. The normalized spacial score (nSPS) is 14.7. The number of aryl methyl sites for hydroxylation is 2. The number of nitrogens with one attached hydrogen (secondary N) is 2. The molecule has 1 aromatic heterocycles. The van der Waals surface area contributed by atoms with Crippen LogP contribution in [0.15, 0.2) is 29.3 Å². The maximum absolute atomic E-state index is 5.80. The van der Waals surface area contributed by atoms with Crippen molar-refractivity contribution in [1.82, 2.24) is 30.3 Å². The van der Waals surface area contributed by atoms with Crippen molar-refractivity contribution in [2.24, 2.45) is 12.0 Å². The van der Waals surface area contributed by atoms with Crippen LogP contribution in [0.4, 0.5) is 0 Å². The number of aliphatic imine (C=N–C) groups is 1. The second kappa shape index (κ2) is 13.5. The van der Waals surface area contributed by atoms with Crippen molar-refractivity contribution in [2.75, 3.05) is 52.5 Å². The summed E-state index contributed by atoms with van der Waals surface area (Å²) in [5.74, 6) is 3.33. The van der Waals surface area contributed by atoms with E-state index in [-0.39, 0.29) is 24.0 Å². The molecule has 1 fully saturated rings. The molecule has 2 aromatic rings. The Kier molecular flexibility index (Phi) is 11.0. The van der Waals surface area contributed by atoms with Gasteiger partial charge in [-0.15, -0.1) is 34.2 Å². The van der Waals surface area contributed by atoms with Crippen molar-refractivity contribution in [3.05, 3.63) is 41.5 Å². The molecule has 9 nitrogen and oxygen atoms in total. The monoisotopic (exact) mass is 543 g/mol. The topological polar surface area (TPSA) is 88.8 Å². The predicted molar refractivity (Wildman–Crippen MR) is 132 cm³/mol. The second-order valence-corrected chi connectivity index (χ2v) is 7.36. The summed E-state index contributed by atoms with van der Waals surface area (Å²) in [6, 6.07) is 8.07. The van der Waals surface area contributed by atoms with Crippen molar-refractivity contribution in [3.8, 4) is 5.75 Å². The first-order chi connectivity index (χ1) is 14.6. The summed E-state index contributed by atoms with van der Waals surface area (Å²) in [5, 5.41) is 15.0. The van der Waals surface area contributed by atoms with E-state index < -0.39 is 0 Å². The fraction of sp³-hybridized carbons (Fsp3) is 0.571. The average molecular weight is 543 g/mol. The molecule has 0 atom stereocenters. The van der Waals surface area contributed by atoms with Crippen LogP contribution >= 0.6 is 24.0 Å². The Balaban J connectivity index is 0.00000341. The van der Waals surface area contributed by atoms with Crippen molar-refractivity contribution >= 4 is 29.9 Å². The van der Waals surface area contributed by atoms with Crippen LogP contribution in [0.2, 0.25) is 0 Å². The van der Waals surface area contributed by atoms with Gasteiger partial charge in [0.25, 0.3) is 0 Å². The van der Waals surface area contributed by atoms with Gasteiger partial charge in [-0.2, -0.15) is 0 Å². The fourth-order valence-corrected chi connectivity index (χ4v) is 3.04. The smallest absolute Gasteiger partial charge is 0.191 e. The third kappa shape index (κ3) is 8.62. The Bertz CT molecular complexity index is 805. The lowest BCUT2D eigenvalue weighted by atomic mass is 10.2. The molecular formula is C21H34IN7O2. The van der Waals surface area contributed by atoms with Gasteiger partial charge in [0.1, 0.15) is 24.7 Å². The van der Waals surface area contributed by atoms with Crippen LogP contribution in [-0.4, -0.2) is 78.2 Å². The number of benzene rings is 1. The Labute approximate surface area is 201 Å². The number of guanidine groups is 1. The highest BCUT2D eigenvalue weighted by Gasteiger charge is 2.10. The molecule has 2 heterocycles. The molecule has 3 rings (SSSR count). The van der Waals surface area contributed by atoms with E-state index in [2.05, 4.69) is 37.6 Å². The lowest BCUT2D eigenvalue weighted by Gasteiger charge is -2.26. The summed E-state index contributed by atoms with van der Waals surface area (Å²) >= 11 is 0. The number of morpholine rings is 1. The van der Waals surface area contributed by atoms with Crippen molar-refractivity contribution in [3.63, 3.8) is 0 Å². The Morgan fingerprint density at radius 1 is 1.10 bits per heavy atom. The third-order valence-corrected chi connectivity index (χ3v) is 5.07. The maximum Gasteiger partial charge on any atom is 0.191 e. The molecule has 1 aromatic carbocycles. The minimum Gasteiger partial charge on any atom is -0.492 e. The first kappa shape index (κ1) is 25.3. The summed E-state index contributed by atoms with van der Waals surface area (Å²) in [5.41, 5.74) is 1.22. The van der Waals surface area contributed by atoms with Crippen molar-refractivity contribution in [1.29, 1.82) is 0 Å². The van der Waals surface area contributed by atoms with Gasteiger partial charge >= 0.3 is 0 Å². The molecule has 172 valence electrons. The molecule has 0 bridgehead atoms. The maximum atomic E-state index is 5.80. The van der Waals surface area contributed by atoms with Gasteiger partial charge in [0.05, 0.1) is 19.8 Å². The molecule has 1 saturated heterocycles. The summed E-state index contributed by atoms with van der Waals surface area (Å²) in [7, 11) is 1.95. The minimum atomic E-state index is 0. The van der Waals surface area contributed by atoms with Crippen molar-refractivity contribution in [2.45, 2.75) is 20.4 Å². The Morgan fingerprint density at radius 3 is 2.48 bits per heavy atom. The lowest BCUT2D eigenvalue weighted by Crippen LogP contribution is -2.45. The van der Waals surface area contributed by atoms with Gasteiger partial charge in [-0.3, -0.25) is 4.90 Å². The molecule has 2 N–H and O–H groups in total. The van der Waals surface area contributed by atoms with E-state index >= 15 is 0 Å². The molecule has 0 radical (unpaired) electrons. The highest BCUT2D eigenvalue weighted by Crippen LogP contribution is 2.10. The summed E-state index contributed by atoms with van der Waals surface area (Å²) < 4.78 is 13.2. The summed E-state index contributed by atoms with van der Waals surface area (Å²) in [6.07, 6.45) is 0. The Morgan fingerprint density at radius 2 is 1.81 bits per heavy atom.